The molecule has 3 aromatic rings. The molecule has 3 rings (SSSR count). The molecule has 0 atom stereocenters. The van der Waals surface area contributed by atoms with E-state index in [2.05, 4.69) is 26.1 Å². The lowest BCUT2D eigenvalue weighted by Gasteiger charge is -2.05. The lowest BCUT2D eigenvalue weighted by Crippen LogP contribution is -1.90. The van der Waals surface area contributed by atoms with Crippen molar-refractivity contribution in [2.45, 2.75) is 6.92 Å². The Morgan fingerprint density at radius 3 is 2.75 bits per heavy atom. The number of aromatic nitrogens is 2. The average molecular weight is 330 g/mol. The van der Waals surface area contributed by atoms with E-state index in [-0.39, 0.29) is 5.88 Å². The largest absolute Gasteiger partial charge is 0.367 e. The quantitative estimate of drug-likeness (QED) is 0.770. The molecule has 0 saturated carbocycles. The number of rotatable bonds is 2. The van der Waals surface area contributed by atoms with Crippen LogP contribution in [0.25, 0.3) is 22.5 Å². The third-order valence-corrected chi connectivity index (χ3v) is 3.68. The molecule has 4 nitrogen and oxygen atoms in total. The summed E-state index contributed by atoms with van der Waals surface area (Å²) in [5, 5.41) is 4.08. The van der Waals surface area contributed by atoms with Gasteiger partial charge < -0.3 is 10.3 Å². The number of aryl methyl sites for hydroxylation is 1. The van der Waals surface area contributed by atoms with Gasteiger partial charge in [0.1, 0.15) is 5.69 Å². The number of hydrogen-bond acceptors (Lipinski definition) is 4. The van der Waals surface area contributed by atoms with Crippen molar-refractivity contribution in [1.82, 2.24) is 10.1 Å². The number of halogens is 1. The molecule has 2 heterocycles. The standard InChI is InChI=1S/C15H12BrN3O/c1-9-5-6-10(11(16)8-9)14-13(15(17)20-19-14)12-4-2-3-7-18-12/h2-8H,17H2,1H3. The van der Waals surface area contributed by atoms with Crippen LogP contribution in [0.15, 0.2) is 51.6 Å². The van der Waals surface area contributed by atoms with E-state index in [1.165, 1.54) is 0 Å². The Morgan fingerprint density at radius 2 is 2.05 bits per heavy atom. The van der Waals surface area contributed by atoms with Crippen LogP contribution in [0.1, 0.15) is 5.56 Å². The third-order valence-electron chi connectivity index (χ3n) is 3.02. The zero-order valence-electron chi connectivity index (χ0n) is 10.8. The molecule has 0 unspecified atom stereocenters. The summed E-state index contributed by atoms with van der Waals surface area (Å²) in [7, 11) is 0. The Bertz CT molecular complexity index is 753. The highest BCUT2D eigenvalue weighted by atomic mass is 79.9. The Hall–Kier alpha value is -2.14. The number of benzene rings is 1. The second-order valence-corrected chi connectivity index (χ2v) is 5.32. The molecule has 20 heavy (non-hydrogen) atoms. The van der Waals surface area contributed by atoms with Crippen LogP contribution < -0.4 is 5.73 Å². The van der Waals surface area contributed by atoms with Gasteiger partial charge >= 0.3 is 0 Å². The molecule has 0 radical (unpaired) electrons. The smallest absolute Gasteiger partial charge is 0.232 e. The molecule has 0 saturated heterocycles. The fourth-order valence-electron chi connectivity index (χ4n) is 2.06. The minimum Gasteiger partial charge on any atom is -0.367 e. The summed E-state index contributed by atoms with van der Waals surface area (Å²) in [5.41, 5.74) is 10.1. The first-order chi connectivity index (χ1) is 9.66. The number of anilines is 1. The van der Waals surface area contributed by atoms with Crippen molar-refractivity contribution in [1.29, 1.82) is 0 Å². The number of pyridine rings is 1. The molecule has 100 valence electrons. The van der Waals surface area contributed by atoms with Crippen molar-refractivity contribution < 1.29 is 4.52 Å². The van der Waals surface area contributed by atoms with Gasteiger partial charge in [-0.05, 0) is 30.7 Å². The lowest BCUT2D eigenvalue weighted by molar-refractivity contribution is 0.439. The molecule has 2 aromatic heterocycles. The van der Waals surface area contributed by atoms with Gasteiger partial charge in [-0.3, -0.25) is 4.98 Å². The van der Waals surface area contributed by atoms with Crippen molar-refractivity contribution in [2.75, 3.05) is 5.73 Å². The molecule has 0 aliphatic heterocycles. The van der Waals surface area contributed by atoms with Crippen LogP contribution >= 0.6 is 15.9 Å². The van der Waals surface area contributed by atoms with Gasteiger partial charge in [-0.2, -0.15) is 0 Å². The first-order valence-electron chi connectivity index (χ1n) is 6.10. The highest BCUT2D eigenvalue weighted by molar-refractivity contribution is 9.10. The summed E-state index contributed by atoms with van der Waals surface area (Å²) >= 11 is 3.56. The van der Waals surface area contributed by atoms with Gasteiger partial charge in [-0.25, -0.2) is 0 Å². The van der Waals surface area contributed by atoms with Crippen molar-refractivity contribution in [2.24, 2.45) is 0 Å². The second-order valence-electron chi connectivity index (χ2n) is 4.47. The molecule has 5 heteroatoms. The molecule has 0 fully saturated rings. The number of nitrogen functional groups attached to an aromatic ring is 1. The van der Waals surface area contributed by atoms with Gasteiger partial charge in [0.2, 0.25) is 5.88 Å². The zero-order valence-corrected chi connectivity index (χ0v) is 12.4. The minimum absolute atomic E-state index is 0.270. The predicted molar refractivity (Wildman–Crippen MR) is 82.0 cm³/mol. The molecule has 2 N–H and O–H groups in total. The van der Waals surface area contributed by atoms with Crippen LogP contribution in [-0.2, 0) is 0 Å². The fourth-order valence-corrected chi connectivity index (χ4v) is 2.74. The maximum atomic E-state index is 5.91. The monoisotopic (exact) mass is 329 g/mol. The van der Waals surface area contributed by atoms with E-state index < -0.39 is 0 Å². The van der Waals surface area contributed by atoms with E-state index in [4.69, 9.17) is 10.3 Å². The Kier molecular flexibility index (Phi) is 3.28. The van der Waals surface area contributed by atoms with Gasteiger partial charge in [0.15, 0.2) is 0 Å². The van der Waals surface area contributed by atoms with Gasteiger partial charge in [-0.15, -0.1) is 0 Å². The average Bonchev–Trinajstić information content (AvgIpc) is 2.81. The van der Waals surface area contributed by atoms with Crippen LogP contribution in [0.4, 0.5) is 5.88 Å². The molecule has 0 amide bonds. The molecule has 0 aliphatic rings. The van der Waals surface area contributed by atoms with Crippen LogP contribution in [0.3, 0.4) is 0 Å². The number of nitrogens with two attached hydrogens (primary N) is 1. The molecular formula is C15H12BrN3O. The molecule has 0 spiro atoms. The van der Waals surface area contributed by atoms with E-state index >= 15 is 0 Å². The zero-order chi connectivity index (χ0) is 14.1. The Labute approximate surface area is 124 Å². The van der Waals surface area contributed by atoms with E-state index in [9.17, 15) is 0 Å². The highest BCUT2D eigenvalue weighted by Gasteiger charge is 2.19. The van der Waals surface area contributed by atoms with Gasteiger partial charge in [-0.1, -0.05) is 39.3 Å². The minimum atomic E-state index is 0.270. The fraction of sp³-hybridized carbons (Fsp3) is 0.0667. The van der Waals surface area contributed by atoms with Gasteiger partial charge in [0, 0.05) is 16.2 Å². The van der Waals surface area contributed by atoms with E-state index in [0.717, 1.165) is 26.9 Å². The maximum absolute atomic E-state index is 5.91. The first kappa shape index (κ1) is 12.9. The van der Waals surface area contributed by atoms with Gasteiger partial charge in [0.25, 0.3) is 0 Å². The normalized spacial score (nSPS) is 10.7. The first-order valence-corrected chi connectivity index (χ1v) is 6.89. The second kappa shape index (κ2) is 5.09. The summed E-state index contributed by atoms with van der Waals surface area (Å²) in [5.74, 6) is 0.270. The van der Waals surface area contributed by atoms with E-state index in [0.29, 0.717) is 5.69 Å². The SMILES string of the molecule is Cc1ccc(-c2noc(N)c2-c2ccccn2)c(Br)c1. The number of nitrogens with zero attached hydrogens (tertiary/aromatic N) is 2. The molecule has 1 aromatic carbocycles. The predicted octanol–water partition coefficient (Wildman–Crippen LogP) is 4.06. The highest BCUT2D eigenvalue weighted by Crippen LogP contribution is 2.38. The topological polar surface area (TPSA) is 64.9 Å². The van der Waals surface area contributed by atoms with Crippen molar-refractivity contribution in [3.8, 4) is 22.5 Å². The van der Waals surface area contributed by atoms with Crippen molar-refractivity contribution in [3.63, 3.8) is 0 Å². The van der Waals surface area contributed by atoms with Crippen molar-refractivity contribution in [3.05, 3.63) is 52.6 Å². The summed E-state index contributed by atoms with van der Waals surface area (Å²) in [6, 6.07) is 11.7. The van der Waals surface area contributed by atoms with Crippen LogP contribution in [0.2, 0.25) is 0 Å². The van der Waals surface area contributed by atoms with Gasteiger partial charge in [0.05, 0.1) is 11.3 Å². The van der Waals surface area contributed by atoms with E-state index in [1.54, 1.807) is 6.20 Å². The summed E-state index contributed by atoms with van der Waals surface area (Å²) in [6.07, 6.45) is 1.72. The van der Waals surface area contributed by atoms with Crippen LogP contribution in [-0.4, -0.2) is 10.1 Å². The molecular weight excluding hydrogens is 318 g/mol. The van der Waals surface area contributed by atoms with Crippen molar-refractivity contribution >= 4 is 21.8 Å². The number of hydrogen-bond donors (Lipinski definition) is 1. The van der Waals surface area contributed by atoms with Crippen LogP contribution in [0, 0.1) is 6.92 Å². The summed E-state index contributed by atoms with van der Waals surface area (Å²) in [4.78, 5) is 4.32. The third kappa shape index (κ3) is 2.20. The van der Waals surface area contributed by atoms with Crippen LogP contribution in [0.5, 0.6) is 0 Å². The summed E-state index contributed by atoms with van der Waals surface area (Å²) < 4.78 is 6.10. The Balaban J connectivity index is 2.21. The molecule has 0 aliphatic carbocycles. The van der Waals surface area contributed by atoms with E-state index in [1.807, 2.05) is 43.3 Å². The lowest BCUT2D eigenvalue weighted by atomic mass is 10.0. The summed E-state index contributed by atoms with van der Waals surface area (Å²) in [6.45, 7) is 2.03. The molecule has 0 bridgehead atoms. The maximum Gasteiger partial charge on any atom is 0.232 e. The Morgan fingerprint density at radius 1 is 1.20 bits per heavy atom.